The van der Waals surface area contributed by atoms with Gasteiger partial charge in [-0.25, -0.2) is 4.98 Å². The zero-order valence-electron chi connectivity index (χ0n) is 11.9. The lowest BCUT2D eigenvalue weighted by Gasteiger charge is -2.27. The highest BCUT2D eigenvalue weighted by Crippen LogP contribution is 2.11. The van der Waals surface area contributed by atoms with Gasteiger partial charge < -0.3 is 10.6 Å². The minimum Gasteiger partial charge on any atom is -0.354 e. The van der Waals surface area contributed by atoms with E-state index in [-0.39, 0.29) is 18.0 Å². The highest BCUT2D eigenvalue weighted by molar-refractivity contribution is 5.81. The second-order valence-electron chi connectivity index (χ2n) is 5.48. The van der Waals surface area contributed by atoms with E-state index in [0.29, 0.717) is 23.4 Å². The van der Waals surface area contributed by atoms with E-state index in [9.17, 15) is 9.59 Å². The summed E-state index contributed by atoms with van der Waals surface area (Å²) in [5.41, 5.74) is 1.47. The Morgan fingerprint density at radius 2 is 2.29 bits per heavy atom. The first-order valence-electron chi connectivity index (χ1n) is 7.07. The number of hydrogen-bond donors (Lipinski definition) is 2. The first kappa shape index (κ1) is 13.8. The van der Waals surface area contributed by atoms with Gasteiger partial charge in [0.15, 0.2) is 0 Å². The zero-order valence-corrected chi connectivity index (χ0v) is 11.9. The van der Waals surface area contributed by atoms with Crippen LogP contribution >= 0.6 is 0 Å². The highest BCUT2D eigenvalue weighted by atomic mass is 16.2. The Hall–Kier alpha value is -2.21. The van der Waals surface area contributed by atoms with E-state index < -0.39 is 0 Å². The summed E-state index contributed by atoms with van der Waals surface area (Å²) in [4.78, 5) is 28.5. The monoisotopic (exact) mass is 286 g/mol. The third-order valence-corrected chi connectivity index (χ3v) is 3.82. The number of para-hydroxylation sites is 1. The van der Waals surface area contributed by atoms with Crippen LogP contribution in [0.1, 0.15) is 5.56 Å². The average molecular weight is 286 g/mol. The Morgan fingerprint density at radius 1 is 1.48 bits per heavy atom. The fourth-order valence-electron chi connectivity index (χ4n) is 2.41. The van der Waals surface area contributed by atoms with Gasteiger partial charge >= 0.3 is 0 Å². The van der Waals surface area contributed by atoms with Gasteiger partial charge in [-0.3, -0.25) is 14.2 Å². The van der Waals surface area contributed by atoms with Crippen molar-refractivity contribution in [2.75, 3.05) is 19.6 Å². The molecule has 0 saturated carbocycles. The lowest BCUT2D eigenvalue weighted by atomic mass is 10.0. The number of fused-ring (bicyclic) bond motifs is 1. The second-order valence-corrected chi connectivity index (χ2v) is 5.48. The van der Waals surface area contributed by atoms with Crippen molar-refractivity contribution >= 4 is 16.8 Å². The van der Waals surface area contributed by atoms with E-state index in [4.69, 9.17) is 0 Å². The number of carbonyl (C=O) groups excluding carboxylic acids is 1. The molecule has 3 rings (SSSR count). The minimum atomic E-state index is -0.177. The molecule has 2 heterocycles. The van der Waals surface area contributed by atoms with Crippen LogP contribution in [-0.2, 0) is 11.3 Å². The number of rotatable bonds is 4. The van der Waals surface area contributed by atoms with Crippen molar-refractivity contribution in [1.82, 2.24) is 20.2 Å². The molecule has 0 spiro atoms. The zero-order chi connectivity index (χ0) is 14.8. The first-order chi connectivity index (χ1) is 10.1. The lowest BCUT2D eigenvalue weighted by molar-refractivity contribution is -0.122. The molecule has 2 N–H and O–H groups in total. The normalized spacial score (nSPS) is 14.9. The minimum absolute atomic E-state index is 0.00979. The Kier molecular flexibility index (Phi) is 3.70. The molecule has 1 saturated heterocycles. The summed E-state index contributed by atoms with van der Waals surface area (Å²) in [6, 6.07) is 5.49. The van der Waals surface area contributed by atoms with Crippen LogP contribution in [0.2, 0.25) is 0 Å². The van der Waals surface area contributed by atoms with Gasteiger partial charge in [0.2, 0.25) is 5.91 Å². The Labute approximate surface area is 122 Å². The van der Waals surface area contributed by atoms with E-state index in [1.165, 1.54) is 10.9 Å². The van der Waals surface area contributed by atoms with Crippen LogP contribution in [0, 0.1) is 12.8 Å². The summed E-state index contributed by atoms with van der Waals surface area (Å²) in [5.74, 6) is 0.348. The molecule has 1 aromatic heterocycles. The van der Waals surface area contributed by atoms with Crippen molar-refractivity contribution in [3.05, 3.63) is 40.4 Å². The van der Waals surface area contributed by atoms with E-state index in [1.54, 1.807) is 6.07 Å². The Bertz CT molecular complexity index is 734. The molecule has 1 aromatic carbocycles. The van der Waals surface area contributed by atoms with Gasteiger partial charge in [0.25, 0.3) is 5.56 Å². The van der Waals surface area contributed by atoms with Crippen molar-refractivity contribution in [2.45, 2.75) is 13.5 Å². The second kappa shape index (κ2) is 5.65. The van der Waals surface area contributed by atoms with Crippen LogP contribution in [0.15, 0.2) is 29.3 Å². The quantitative estimate of drug-likeness (QED) is 0.832. The molecule has 21 heavy (non-hydrogen) atoms. The predicted octanol–water partition coefficient (Wildman–Crippen LogP) is 0.0405. The molecule has 1 aliphatic rings. The molecule has 0 bridgehead atoms. The van der Waals surface area contributed by atoms with Crippen LogP contribution in [-0.4, -0.2) is 35.1 Å². The van der Waals surface area contributed by atoms with Crippen molar-refractivity contribution in [1.29, 1.82) is 0 Å². The summed E-state index contributed by atoms with van der Waals surface area (Å²) in [7, 11) is 0. The number of amides is 1. The summed E-state index contributed by atoms with van der Waals surface area (Å²) in [6.45, 7) is 4.46. The molecule has 1 amide bonds. The number of aryl methyl sites for hydroxylation is 1. The van der Waals surface area contributed by atoms with Crippen LogP contribution < -0.4 is 16.2 Å². The molecule has 0 aliphatic carbocycles. The van der Waals surface area contributed by atoms with Gasteiger partial charge in [-0.15, -0.1) is 0 Å². The maximum absolute atomic E-state index is 12.4. The standard InChI is InChI=1S/C15H18N4O2/c1-10-3-2-4-12-14(10)18-9-19(15(12)21)8-13(20)17-7-11-5-16-6-11/h2-4,9,11,16H,5-8H2,1H3,(H,17,20). The summed E-state index contributed by atoms with van der Waals surface area (Å²) < 4.78 is 1.36. The number of hydrogen-bond acceptors (Lipinski definition) is 4. The molecule has 6 heteroatoms. The number of benzene rings is 1. The summed E-state index contributed by atoms with van der Waals surface area (Å²) in [6.07, 6.45) is 1.45. The largest absolute Gasteiger partial charge is 0.354 e. The molecule has 1 aliphatic heterocycles. The summed E-state index contributed by atoms with van der Waals surface area (Å²) >= 11 is 0. The van der Waals surface area contributed by atoms with Gasteiger partial charge in [-0.1, -0.05) is 12.1 Å². The van der Waals surface area contributed by atoms with Crippen molar-refractivity contribution in [3.8, 4) is 0 Å². The van der Waals surface area contributed by atoms with E-state index in [0.717, 1.165) is 18.7 Å². The van der Waals surface area contributed by atoms with Gasteiger partial charge in [-0.2, -0.15) is 0 Å². The average Bonchev–Trinajstić information content (AvgIpc) is 2.41. The number of aromatic nitrogens is 2. The molecular formula is C15H18N4O2. The van der Waals surface area contributed by atoms with Crippen molar-refractivity contribution < 1.29 is 4.79 Å². The number of nitrogens with one attached hydrogen (secondary N) is 2. The Morgan fingerprint density at radius 3 is 3.00 bits per heavy atom. The van der Waals surface area contributed by atoms with Gasteiger partial charge in [0.05, 0.1) is 17.2 Å². The molecule has 2 aromatic rings. The molecular weight excluding hydrogens is 268 g/mol. The molecule has 0 unspecified atom stereocenters. The van der Waals surface area contributed by atoms with Crippen LogP contribution in [0.3, 0.4) is 0 Å². The third kappa shape index (κ3) is 2.80. The molecule has 1 fully saturated rings. The third-order valence-electron chi connectivity index (χ3n) is 3.82. The summed E-state index contributed by atoms with van der Waals surface area (Å²) in [5, 5.41) is 6.56. The van der Waals surface area contributed by atoms with E-state index in [2.05, 4.69) is 15.6 Å². The van der Waals surface area contributed by atoms with Crippen LogP contribution in [0.5, 0.6) is 0 Å². The highest BCUT2D eigenvalue weighted by Gasteiger charge is 2.17. The topological polar surface area (TPSA) is 76.0 Å². The van der Waals surface area contributed by atoms with E-state index >= 15 is 0 Å². The van der Waals surface area contributed by atoms with Gasteiger partial charge in [-0.05, 0) is 18.6 Å². The predicted molar refractivity (Wildman–Crippen MR) is 80.1 cm³/mol. The maximum Gasteiger partial charge on any atom is 0.261 e. The number of nitrogens with zero attached hydrogens (tertiary/aromatic N) is 2. The van der Waals surface area contributed by atoms with Gasteiger partial charge in [0, 0.05) is 25.6 Å². The van der Waals surface area contributed by atoms with Gasteiger partial charge in [0.1, 0.15) is 6.54 Å². The SMILES string of the molecule is Cc1cccc2c(=O)n(CC(=O)NCC3CNC3)cnc12. The number of carbonyl (C=O) groups is 1. The smallest absolute Gasteiger partial charge is 0.261 e. The fraction of sp³-hybridized carbons (Fsp3) is 0.400. The maximum atomic E-state index is 12.4. The van der Waals surface area contributed by atoms with Crippen molar-refractivity contribution in [2.24, 2.45) is 5.92 Å². The fourth-order valence-corrected chi connectivity index (χ4v) is 2.41. The molecule has 0 radical (unpaired) electrons. The molecule has 6 nitrogen and oxygen atoms in total. The van der Waals surface area contributed by atoms with Crippen LogP contribution in [0.4, 0.5) is 0 Å². The Balaban J connectivity index is 1.76. The first-order valence-corrected chi connectivity index (χ1v) is 7.07. The molecule has 110 valence electrons. The van der Waals surface area contributed by atoms with Crippen molar-refractivity contribution in [3.63, 3.8) is 0 Å². The van der Waals surface area contributed by atoms with Crippen LogP contribution in [0.25, 0.3) is 10.9 Å². The lowest BCUT2D eigenvalue weighted by Crippen LogP contribution is -2.48. The molecule has 0 atom stereocenters. The van der Waals surface area contributed by atoms with E-state index in [1.807, 2.05) is 19.1 Å².